The molecular weight excluding hydrogens is 324 g/mol. The number of anilines is 1. The standard InChI is InChI=1S/C19H17ClN2O2/c1-13-3-2-4-16(11-13)22-18(23)9-10-19-21-12-17(24-19)14-5-7-15(20)8-6-14/h2-8,11-12H,9-10H2,1H3,(H,22,23). The van der Waals surface area contributed by atoms with Gasteiger partial charge in [-0.1, -0.05) is 23.7 Å². The van der Waals surface area contributed by atoms with E-state index in [-0.39, 0.29) is 5.91 Å². The largest absolute Gasteiger partial charge is 0.441 e. The Morgan fingerprint density at radius 1 is 1.21 bits per heavy atom. The summed E-state index contributed by atoms with van der Waals surface area (Å²) in [6.45, 7) is 1.99. The Morgan fingerprint density at radius 3 is 2.75 bits per heavy atom. The van der Waals surface area contributed by atoms with Crippen molar-refractivity contribution in [3.8, 4) is 11.3 Å². The molecule has 0 fully saturated rings. The van der Waals surface area contributed by atoms with Crippen molar-refractivity contribution in [2.24, 2.45) is 0 Å². The lowest BCUT2D eigenvalue weighted by Gasteiger charge is -2.04. The van der Waals surface area contributed by atoms with Crippen LogP contribution < -0.4 is 5.32 Å². The van der Waals surface area contributed by atoms with Crippen LogP contribution >= 0.6 is 11.6 Å². The normalized spacial score (nSPS) is 10.6. The van der Waals surface area contributed by atoms with Gasteiger partial charge in [-0.2, -0.15) is 0 Å². The highest BCUT2D eigenvalue weighted by Gasteiger charge is 2.09. The summed E-state index contributed by atoms with van der Waals surface area (Å²) < 4.78 is 5.70. The molecule has 0 saturated carbocycles. The fraction of sp³-hybridized carbons (Fsp3) is 0.158. The molecule has 0 radical (unpaired) electrons. The lowest BCUT2D eigenvalue weighted by molar-refractivity contribution is -0.116. The van der Waals surface area contributed by atoms with Crippen LogP contribution in [0.1, 0.15) is 17.9 Å². The fourth-order valence-corrected chi connectivity index (χ4v) is 2.47. The van der Waals surface area contributed by atoms with E-state index in [0.29, 0.717) is 29.5 Å². The fourth-order valence-electron chi connectivity index (χ4n) is 2.34. The summed E-state index contributed by atoms with van der Waals surface area (Å²) in [7, 11) is 0. The molecule has 3 aromatic rings. The zero-order valence-corrected chi connectivity index (χ0v) is 14.0. The molecule has 1 amide bonds. The Balaban J connectivity index is 1.57. The summed E-state index contributed by atoms with van der Waals surface area (Å²) >= 11 is 5.87. The summed E-state index contributed by atoms with van der Waals surface area (Å²) in [5.74, 6) is 1.15. The third kappa shape index (κ3) is 4.24. The molecule has 0 aliphatic rings. The van der Waals surface area contributed by atoms with E-state index in [9.17, 15) is 4.79 Å². The molecule has 4 nitrogen and oxygen atoms in total. The highest BCUT2D eigenvalue weighted by molar-refractivity contribution is 6.30. The first-order valence-electron chi connectivity index (χ1n) is 7.67. The van der Waals surface area contributed by atoms with Gasteiger partial charge in [-0.3, -0.25) is 4.79 Å². The monoisotopic (exact) mass is 340 g/mol. The molecule has 1 N–H and O–H groups in total. The molecule has 0 saturated heterocycles. The lowest BCUT2D eigenvalue weighted by atomic mass is 10.2. The number of benzene rings is 2. The maximum Gasteiger partial charge on any atom is 0.224 e. The van der Waals surface area contributed by atoms with Crippen LogP contribution in [0.4, 0.5) is 5.69 Å². The van der Waals surface area contributed by atoms with Crippen molar-refractivity contribution in [1.29, 1.82) is 0 Å². The van der Waals surface area contributed by atoms with E-state index >= 15 is 0 Å². The van der Waals surface area contributed by atoms with Crippen molar-refractivity contribution in [2.45, 2.75) is 19.8 Å². The molecule has 0 bridgehead atoms. The Kier molecular flexibility index (Phi) is 4.96. The van der Waals surface area contributed by atoms with Gasteiger partial charge in [0.05, 0.1) is 6.20 Å². The van der Waals surface area contributed by atoms with E-state index in [1.807, 2.05) is 43.3 Å². The summed E-state index contributed by atoms with van der Waals surface area (Å²) in [4.78, 5) is 16.2. The minimum atomic E-state index is -0.0631. The van der Waals surface area contributed by atoms with Gasteiger partial charge in [-0.25, -0.2) is 4.98 Å². The predicted octanol–water partition coefficient (Wildman–Crippen LogP) is 4.87. The molecular formula is C19H17ClN2O2. The van der Waals surface area contributed by atoms with Crippen LogP contribution in [0.3, 0.4) is 0 Å². The molecule has 0 spiro atoms. The number of nitrogens with zero attached hydrogens (tertiary/aromatic N) is 1. The molecule has 0 unspecified atom stereocenters. The number of carbonyl (C=O) groups is 1. The lowest BCUT2D eigenvalue weighted by Crippen LogP contribution is -2.12. The molecule has 3 rings (SSSR count). The molecule has 0 atom stereocenters. The van der Waals surface area contributed by atoms with Crippen molar-refractivity contribution >= 4 is 23.2 Å². The molecule has 2 aromatic carbocycles. The van der Waals surface area contributed by atoms with E-state index in [1.165, 1.54) is 0 Å². The first-order valence-corrected chi connectivity index (χ1v) is 8.05. The van der Waals surface area contributed by atoms with Crippen LogP contribution in [0.5, 0.6) is 0 Å². The minimum Gasteiger partial charge on any atom is -0.441 e. The molecule has 0 aliphatic carbocycles. The van der Waals surface area contributed by atoms with E-state index in [4.69, 9.17) is 16.0 Å². The van der Waals surface area contributed by atoms with Crippen LogP contribution in [0, 0.1) is 6.92 Å². The van der Waals surface area contributed by atoms with Gasteiger partial charge < -0.3 is 9.73 Å². The van der Waals surface area contributed by atoms with Crippen molar-refractivity contribution < 1.29 is 9.21 Å². The second-order valence-electron chi connectivity index (χ2n) is 5.54. The SMILES string of the molecule is Cc1cccc(NC(=O)CCc2ncc(-c3ccc(Cl)cc3)o2)c1. The number of halogens is 1. The second kappa shape index (κ2) is 7.32. The average molecular weight is 341 g/mol. The average Bonchev–Trinajstić information content (AvgIpc) is 3.03. The number of oxazole rings is 1. The number of hydrogen-bond acceptors (Lipinski definition) is 3. The van der Waals surface area contributed by atoms with Crippen molar-refractivity contribution in [3.63, 3.8) is 0 Å². The number of rotatable bonds is 5. The van der Waals surface area contributed by atoms with Crippen LogP contribution in [0.25, 0.3) is 11.3 Å². The number of carbonyl (C=O) groups excluding carboxylic acids is 1. The number of aryl methyl sites for hydroxylation is 2. The number of amides is 1. The van der Waals surface area contributed by atoms with E-state index < -0.39 is 0 Å². The van der Waals surface area contributed by atoms with Gasteiger partial charge in [0.1, 0.15) is 0 Å². The minimum absolute atomic E-state index is 0.0631. The summed E-state index contributed by atoms with van der Waals surface area (Å²) in [6.07, 6.45) is 2.43. The van der Waals surface area contributed by atoms with E-state index in [2.05, 4.69) is 10.3 Å². The van der Waals surface area contributed by atoms with E-state index in [0.717, 1.165) is 16.8 Å². The van der Waals surface area contributed by atoms with E-state index in [1.54, 1.807) is 18.3 Å². The number of aromatic nitrogens is 1. The predicted molar refractivity (Wildman–Crippen MR) is 95.1 cm³/mol. The molecule has 1 heterocycles. The third-order valence-electron chi connectivity index (χ3n) is 3.55. The van der Waals surface area contributed by atoms with Gasteiger partial charge in [-0.05, 0) is 48.9 Å². The van der Waals surface area contributed by atoms with Crippen molar-refractivity contribution in [3.05, 3.63) is 71.2 Å². The molecule has 5 heteroatoms. The van der Waals surface area contributed by atoms with Crippen LogP contribution in [0.2, 0.25) is 5.02 Å². The maximum atomic E-state index is 12.0. The number of hydrogen-bond donors (Lipinski definition) is 1. The van der Waals surface area contributed by atoms with Gasteiger partial charge >= 0.3 is 0 Å². The van der Waals surface area contributed by atoms with Crippen molar-refractivity contribution in [2.75, 3.05) is 5.32 Å². The van der Waals surface area contributed by atoms with Gasteiger partial charge in [0.25, 0.3) is 0 Å². The summed E-state index contributed by atoms with van der Waals surface area (Å²) in [5.41, 5.74) is 2.81. The Hall–Kier alpha value is -2.59. The Labute approximate surface area is 145 Å². The topological polar surface area (TPSA) is 55.1 Å². The zero-order chi connectivity index (χ0) is 16.9. The number of nitrogens with one attached hydrogen (secondary N) is 1. The summed E-state index contributed by atoms with van der Waals surface area (Å²) in [6, 6.07) is 15.0. The highest BCUT2D eigenvalue weighted by Crippen LogP contribution is 2.22. The first kappa shape index (κ1) is 16.3. The van der Waals surface area contributed by atoms with Crippen LogP contribution in [-0.2, 0) is 11.2 Å². The summed E-state index contributed by atoms with van der Waals surface area (Å²) in [5, 5.41) is 3.55. The Morgan fingerprint density at radius 2 is 2.00 bits per heavy atom. The maximum absolute atomic E-state index is 12.0. The Bertz CT molecular complexity index is 841. The molecule has 1 aromatic heterocycles. The van der Waals surface area contributed by atoms with Crippen LogP contribution in [0.15, 0.2) is 59.1 Å². The second-order valence-corrected chi connectivity index (χ2v) is 5.98. The van der Waals surface area contributed by atoms with Gasteiger partial charge in [-0.15, -0.1) is 0 Å². The molecule has 122 valence electrons. The van der Waals surface area contributed by atoms with Gasteiger partial charge in [0, 0.05) is 29.1 Å². The first-order chi connectivity index (χ1) is 11.6. The highest BCUT2D eigenvalue weighted by atomic mass is 35.5. The molecule has 0 aliphatic heterocycles. The van der Waals surface area contributed by atoms with Crippen molar-refractivity contribution in [1.82, 2.24) is 4.98 Å². The van der Waals surface area contributed by atoms with Crippen LogP contribution in [-0.4, -0.2) is 10.9 Å². The van der Waals surface area contributed by atoms with Gasteiger partial charge in [0.15, 0.2) is 11.7 Å². The molecule has 24 heavy (non-hydrogen) atoms. The zero-order valence-electron chi connectivity index (χ0n) is 13.3. The quantitative estimate of drug-likeness (QED) is 0.720. The smallest absolute Gasteiger partial charge is 0.224 e. The van der Waals surface area contributed by atoms with Gasteiger partial charge in [0.2, 0.25) is 5.91 Å². The third-order valence-corrected chi connectivity index (χ3v) is 3.80.